The van der Waals surface area contributed by atoms with Crippen molar-refractivity contribution >= 4 is 39.4 Å². The summed E-state index contributed by atoms with van der Waals surface area (Å²) >= 11 is 0. The summed E-state index contributed by atoms with van der Waals surface area (Å²) in [6.07, 6.45) is 1.57. The Bertz CT molecular complexity index is 943. The predicted octanol–water partition coefficient (Wildman–Crippen LogP) is 2.83. The van der Waals surface area contributed by atoms with Gasteiger partial charge in [-0.25, -0.2) is 4.98 Å². The average Bonchev–Trinajstić information content (AvgIpc) is 2.95. The van der Waals surface area contributed by atoms with Crippen molar-refractivity contribution in [2.24, 2.45) is 0 Å². The number of aromatic amines is 1. The lowest BCUT2D eigenvalue weighted by atomic mass is 10.1. The summed E-state index contributed by atoms with van der Waals surface area (Å²) in [5, 5.41) is 5.61. The monoisotopic (exact) mass is 276 g/mol. The molecule has 0 amide bonds. The molecular formula is C15H12N6. The number of hydrogen-bond acceptors (Lipinski definition) is 5. The van der Waals surface area contributed by atoms with Gasteiger partial charge in [0.25, 0.3) is 0 Å². The van der Waals surface area contributed by atoms with Crippen molar-refractivity contribution in [3.05, 3.63) is 48.8 Å². The van der Waals surface area contributed by atoms with Crippen LogP contribution in [0.3, 0.4) is 0 Å². The summed E-state index contributed by atoms with van der Waals surface area (Å²) in [7, 11) is 0. The second-order valence-corrected chi connectivity index (χ2v) is 4.72. The first kappa shape index (κ1) is 11.7. The molecule has 2 aromatic heterocycles. The minimum atomic E-state index is 0.192. The van der Waals surface area contributed by atoms with Crippen LogP contribution in [0.5, 0.6) is 0 Å². The van der Waals surface area contributed by atoms with Gasteiger partial charge in [0.15, 0.2) is 11.5 Å². The quantitative estimate of drug-likeness (QED) is 0.523. The van der Waals surface area contributed by atoms with Gasteiger partial charge in [-0.15, -0.1) is 0 Å². The predicted molar refractivity (Wildman–Crippen MR) is 83.3 cm³/mol. The van der Waals surface area contributed by atoms with E-state index in [2.05, 4.69) is 49.5 Å². The number of H-pyrrole nitrogens is 1. The van der Waals surface area contributed by atoms with Crippen LogP contribution in [0.1, 0.15) is 0 Å². The minimum Gasteiger partial charge on any atom is -0.368 e. The fraction of sp³-hybridized carbons (Fsp3) is 0. The van der Waals surface area contributed by atoms with Crippen molar-refractivity contribution < 1.29 is 0 Å². The Balaban J connectivity index is 1.80. The van der Waals surface area contributed by atoms with Crippen LogP contribution in [-0.4, -0.2) is 19.9 Å². The molecular weight excluding hydrogens is 264 g/mol. The molecule has 0 aliphatic carbocycles. The van der Waals surface area contributed by atoms with Gasteiger partial charge in [0, 0.05) is 5.69 Å². The first-order chi connectivity index (χ1) is 10.3. The zero-order valence-electron chi connectivity index (χ0n) is 11.0. The van der Waals surface area contributed by atoms with Crippen LogP contribution in [0.2, 0.25) is 0 Å². The van der Waals surface area contributed by atoms with Crippen molar-refractivity contribution in [2.75, 3.05) is 11.1 Å². The molecule has 21 heavy (non-hydrogen) atoms. The number of aromatic nitrogens is 4. The summed E-state index contributed by atoms with van der Waals surface area (Å²) in [5.41, 5.74) is 7.93. The fourth-order valence-electron chi connectivity index (χ4n) is 2.34. The normalized spacial score (nSPS) is 11.0. The molecule has 6 heteroatoms. The van der Waals surface area contributed by atoms with Crippen LogP contribution < -0.4 is 11.1 Å². The van der Waals surface area contributed by atoms with Crippen molar-refractivity contribution in [3.63, 3.8) is 0 Å². The van der Waals surface area contributed by atoms with E-state index in [0.717, 1.165) is 16.6 Å². The topological polar surface area (TPSA) is 92.5 Å². The molecule has 4 N–H and O–H groups in total. The Kier molecular flexibility index (Phi) is 2.47. The number of fused-ring (bicyclic) bond motifs is 2. The van der Waals surface area contributed by atoms with E-state index in [-0.39, 0.29) is 5.95 Å². The number of rotatable bonds is 2. The van der Waals surface area contributed by atoms with Gasteiger partial charge >= 0.3 is 0 Å². The number of anilines is 3. The van der Waals surface area contributed by atoms with Crippen molar-refractivity contribution in [3.8, 4) is 0 Å². The van der Waals surface area contributed by atoms with Crippen molar-refractivity contribution in [2.45, 2.75) is 0 Å². The average molecular weight is 276 g/mol. The van der Waals surface area contributed by atoms with E-state index in [1.807, 2.05) is 18.2 Å². The number of nitrogens with one attached hydrogen (secondary N) is 2. The molecule has 0 radical (unpaired) electrons. The maximum Gasteiger partial charge on any atom is 0.224 e. The summed E-state index contributed by atoms with van der Waals surface area (Å²) in [6, 6.07) is 14.3. The molecule has 0 saturated heterocycles. The molecule has 0 unspecified atom stereocenters. The number of benzene rings is 2. The number of imidazole rings is 1. The molecule has 0 atom stereocenters. The lowest BCUT2D eigenvalue weighted by Gasteiger charge is -2.08. The second kappa shape index (κ2) is 4.45. The van der Waals surface area contributed by atoms with E-state index in [0.29, 0.717) is 11.5 Å². The van der Waals surface area contributed by atoms with Crippen LogP contribution in [0.15, 0.2) is 48.8 Å². The van der Waals surface area contributed by atoms with Crippen molar-refractivity contribution in [1.29, 1.82) is 0 Å². The molecule has 0 bridgehead atoms. The van der Waals surface area contributed by atoms with Gasteiger partial charge in [0.1, 0.15) is 5.52 Å². The molecule has 0 aliphatic heterocycles. The van der Waals surface area contributed by atoms with E-state index in [4.69, 9.17) is 5.73 Å². The third kappa shape index (κ3) is 2.02. The van der Waals surface area contributed by atoms with Gasteiger partial charge < -0.3 is 16.0 Å². The molecule has 0 spiro atoms. The molecule has 2 heterocycles. The van der Waals surface area contributed by atoms with Gasteiger partial charge in [-0.1, -0.05) is 30.3 Å². The zero-order valence-corrected chi connectivity index (χ0v) is 11.0. The van der Waals surface area contributed by atoms with E-state index in [1.54, 1.807) is 6.33 Å². The fourth-order valence-corrected chi connectivity index (χ4v) is 2.34. The maximum atomic E-state index is 5.71. The van der Waals surface area contributed by atoms with Crippen LogP contribution >= 0.6 is 0 Å². The lowest BCUT2D eigenvalue weighted by molar-refractivity contribution is 1.21. The number of nitrogen functional groups attached to an aromatic ring is 1. The highest BCUT2D eigenvalue weighted by Crippen LogP contribution is 2.24. The Morgan fingerprint density at radius 2 is 1.86 bits per heavy atom. The second-order valence-electron chi connectivity index (χ2n) is 4.72. The third-order valence-electron chi connectivity index (χ3n) is 3.32. The summed E-state index contributed by atoms with van der Waals surface area (Å²) in [5.74, 6) is 0.808. The Morgan fingerprint density at radius 1 is 1.00 bits per heavy atom. The summed E-state index contributed by atoms with van der Waals surface area (Å²) in [6.45, 7) is 0. The zero-order chi connectivity index (χ0) is 14.2. The summed E-state index contributed by atoms with van der Waals surface area (Å²) < 4.78 is 0. The van der Waals surface area contributed by atoms with Crippen LogP contribution in [0.4, 0.5) is 17.5 Å². The maximum absolute atomic E-state index is 5.71. The molecule has 0 aliphatic rings. The van der Waals surface area contributed by atoms with E-state index < -0.39 is 0 Å². The van der Waals surface area contributed by atoms with Crippen LogP contribution in [0, 0.1) is 0 Å². The van der Waals surface area contributed by atoms with E-state index >= 15 is 0 Å². The molecule has 6 nitrogen and oxygen atoms in total. The molecule has 0 saturated carbocycles. The Hall–Kier alpha value is -3.15. The molecule has 102 valence electrons. The van der Waals surface area contributed by atoms with Crippen LogP contribution in [-0.2, 0) is 0 Å². The number of hydrogen-bond donors (Lipinski definition) is 3. The lowest BCUT2D eigenvalue weighted by Crippen LogP contribution is -2.01. The number of nitrogens with two attached hydrogens (primary N) is 1. The third-order valence-corrected chi connectivity index (χ3v) is 3.32. The van der Waals surface area contributed by atoms with Gasteiger partial charge in [0.05, 0.1) is 6.33 Å². The van der Waals surface area contributed by atoms with Gasteiger partial charge in [-0.2, -0.15) is 9.97 Å². The van der Waals surface area contributed by atoms with Crippen molar-refractivity contribution in [1.82, 2.24) is 19.9 Å². The minimum absolute atomic E-state index is 0.192. The Labute approximate surface area is 120 Å². The van der Waals surface area contributed by atoms with E-state index in [1.165, 1.54) is 5.39 Å². The highest BCUT2D eigenvalue weighted by atomic mass is 15.1. The molecule has 4 aromatic rings. The molecule has 0 fully saturated rings. The molecule has 4 rings (SSSR count). The van der Waals surface area contributed by atoms with Crippen LogP contribution in [0.25, 0.3) is 21.9 Å². The van der Waals surface area contributed by atoms with Gasteiger partial charge in [-0.3, -0.25) is 0 Å². The van der Waals surface area contributed by atoms with Gasteiger partial charge in [-0.05, 0) is 22.9 Å². The smallest absolute Gasteiger partial charge is 0.224 e. The summed E-state index contributed by atoms with van der Waals surface area (Å²) in [4.78, 5) is 15.4. The highest BCUT2D eigenvalue weighted by molar-refractivity contribution is 5.89. The number of nitrogens with zero attached hydrogens (tertiary/aromatic N) is 3. The van der Waals surface area contributed by atoms with Gasteiger partial charge in [0.2, 0.25) is 5.95 Å². The first-order valence-electron chi connectivity index (χ1n) is 6.52. The standard InChI is InChI=1S/C15H12N6/c16-15-20-13-12(17-8-18-13)14(21-15)19-11-6-5-9-3-1-2-4-10(9)7-11/h1-8H,(H4,16,17,18,19,20,21). The first-order valence-corrected chi connectivity index (χ1v) is 6.52. The Morgan fingerprint density at radius 3 is 2.76 bits per heavy atom. The highest BCUT2D eigenvalue weighted by Gasteiger charge is 2.08. The largest absolute Gasteiger partial charge is 0.368 e. The molecule has 2 aromatic carbocycles. The SMILES string of the molecule is Nc1nc(Nc2ccc3ccccc3c2)c2[nH]cnc2n1. The van der Waals surface area contributed by atoms with E-state index in [9.17, 15) is 0 Å².